The van der Waals surface area contributed by atoms with E-state index in [2.05, 4.69) is 15.5 Å². The van der Waals surface area contributed by atoms with Gasteiger partial charge < -0.3 is 10.1 Å². The van der Waals surface area contributed by atoms with E-state index in [1.807, 2.05) is 6.92 Å². The molecule has 1 amide bonds. The average molecular weight is 307 g/mol. The molecule has 0 spiro atoms. The van der Waals surface area contributed by atoms with Gasteiger partial charge in [0.1, 0.15) is 5.00 Å². The fourth-order valence-electron chi connectivity index (χ4n) is 2.02. The highest BCUT2D eigenvalue weighted by Gasteiger charge is 2.21. The second-order valence-electron chi connectivity index (χ2n) is 4.58. The van der Waals surface area contributed by atoms with Gasteiger partial charge in [0.15, 0.2) is 0 Å². The van der Waals surface area contributed by atoms with Crippen LogP contribution in [0.25, 0.3) is 0 Å². The fourth-order valence-corrected chi connectivity index (χ4v) is 2.91. The molecule has 0 atom stereocenters. The van der Waals surface area contributed by atoms with Crippen LogP contribution in [0.4, 0.5) is 5.00 Å². The molecule has 2 aromatic rings. The standard InChI is InChI=1S/C14H17N3O3S/c1-5-20-14(19)10-6-7(2)21-13(10)15-12(18)11-8(3)16-17-9(11)4/h6H,5H2,1-4H3,(H,15,18)(H,16,17). The molecule has 0 fully saturated rings. The predicted octanol–water partition coefficient (Wildman–Crippen LogP) is 2.83. The van der Waals surface area contributed by atoms with Crippen molar-refractivity contribution in [1.82, 2.24) is 10.2 Å². The van der Waals surface area contributed by atoms with E-state index in [1.54, 1.807) is 26.8 Å². The van der Waals surface area contributed by atoms with Crippen molar-refractivity contribution in [3.8, 4) is 0 Å². The largest absolute Gasteiger partial charge is 0.462 e. The van der Waals surface area contributed by atoms with E-state index in [9.17, 15) is 9.59 Å². The third-order valence-electron chi connectivity index (χ3n) is 2.93. The maximum Gasteiger partial charge on any atom is 0.341 e. The molecule has 0 saturated heterocycles. The van der Waals surface area contributed by atoms with Crippen LogP contribution in [0.1, 0.15) is 43.9 Å². The number of aryl methyl sites for hydroxylation is 3. The Hall–Kier alpha value is -2.15. The molecule has 0 aliphatic heterocycles. The lowest BCUT2D eigenvalue weighted by Crippen LogP contribution is -2.15. The first-order chi connectivity index (χ1) is 9.93. The molecule has 0 aromatic carbocycles. The van der Waals surface area contributed by atoms with E-state index in [0.29, 0.717) is 34.1 Å². The van der Waals surface area contributed by atoms with Crippen LogP contribution >= 0.6 is 11.3 Å². The molecule has 2 N–H and O–H groups in total. The van der Waals surface area contributed by atoms with Crippen molar-refractivity contribution in [3.05, 3.63) is 33.5 Å². The molecule has 6 nitrogen and oxygen atoms in total. The van der Waals surface area contributed by atoms with E-state index in [4.69, 9.17) is 4.74 Å². The summed E-state index contributed by atoms with van der Waals surface area (Å²) in [5.74, 6) is -0.719. The van der Waals surface area contributed by atoms with Crippen molar-refractivity contribution in [2.45, 2.75) is 27.7 Å². The highest BCUT2D eigenvalue weighted by molar-refractivity contribution is 7.16. The smallest absolute Gasteiger partial charge is 0.341 e. The normalized spacial score (nSPS) is 10.5. The molecule has 0 aliphatic carbocycles. The third kappa shape index (κ3) is 3.13. The summed E-state index contributed by atoms with van der Waals surface area (Å²) in [6.07, 6.45) is 0. The van der Waals surface area contributed by atoms with Gasteiger partial charge in [0.2, 0.25) is 0 Å². The lowest BCUT2D eigenvalue weighted by Gasteiger charge is -2.06. The molecule has 0 unspecified atom stereocenters. The van der Waals surface area contributed by atoms with Crippen LogP contribution in [0.2, 0.25) is 0 Å². The summed E-state index contributed by atoms with van der Waals surface area (Å²) in [7, 11) is 0. The van der Waals surface area contributed by atoms with Gasteiger partial charge >= 0.3 is 5.97 Å². The second-order valence-corrected chi connectivity index (χ2v) is 5.84. The number of hydrogen-bond donors (Lipinski definition) is 2. The minimum atomic E-state index is -0.433. The Bertz CT molecular complexity index is 668. The van der Waals surface area contributed by atoms with Crippen LogP contribution in [0, 0.1) is 20.8 Å². The first-order valence-electron chi connectivity index (χ1n) is 6.54. The van der Waals surface area contributed by atoms with Gasteiger partial charge in [0, 0.05) is 10.6 Å². The molecule has 0 saturated carbocycles. The molecule has 7 heteroatoms. The molecule has 0 bridgehead atoms. The van der Waals surface area contributed by atoms with E-state index in [-0.39, 0.29) is 5.91 Å². The highest BCUT2D eigenvalue weighted by atomic mass is 32.1. The second kappa shape index (κ2) is 6.09. The van der Waals surface area contributed by atoms with E-state index in [0.717, 1.165) is 4.88 Å². The maximum absolute atomic E-state index is 12.3. The van der Waals surface area contributed by atoms with Crippen molar-refractivity contribution >= 4 is 28.2 Å². The molecule has 112 valence electrons. The Balaban J connectivity index is 2.28. The Morgan fingerprint density at radius 3 is 2.67 bits per heavy atom. The lowest BCUT2D eigenvalue weighted by atomic mass is 10.2. The van der Waals surface area contributed by atoms with Crippen molar-refractivity contribution in [2.75, 3.05) is 11.9 Å². The number of nitrogens with one attached hydrogen (secondary N) is 2. The van der Waals surface area contributed by atoms with Crippen LogP contribution in [0.5, 0.6) is 0 Å². The van der Waals surface area contributed by atoms with Crippen molar-refractivity contribution < 1.29 is 14.3 Å². The number of carbonyl (C=O) groups excluding carboxylic acids is 2. The quantitative estimate of drug-likeness (QED) is 0.851. The molecule has 0 radical (unpaired) electrons. The highest BCUT2D eigenvalue weighted by Crippen LogP contribution is 2.29. The predicted molar refractivity (Wildman–Crippen MR) is 81.0 cm³/mol. The van der Waals surface area contributed by atoms with Crippen molar-refractivity contribution in [2.24, 2.45) is 0 Å². The summed E-state index contributed by atoms with van der Waals surface area (Å²) < 4.78 is 5.00. The van der Waals surface area contributed by atoms with Gasteiger partial charge in [-0.15, -0.1) is 11.3 Å². The summed E-state index contributed by atoms with van der Waals surface area (Å²) >= 11 is 1.34. The van der Waals surface area contributed by atoms with Gasteiger partial charge in [-0.2, -0.15) is 5.10 Å². The van der Waals surface area contributed by atoms with Crippen LogP contribution in [-0.4, -0.2) is 28.7 Å². The molecule has 2 aromatic heterocycles. The average Bonchev–Trinajstić information content (AvgIpc) is 2.93. The number of hydrogen-bond acceptors (Lipinski definition) is 5. The number of anilines is 1. The SMILES string of the molecule is CCOC(=O)c1cc(C)sc1NC(=O)c1c(C)n[nH]c1C. The van der Waals surface area contributed by atoms with Gasteiger partial charge in [0.25, 0.3) is 5.91 Å². The number of esters is 1. The van der Waals surface area contributed by atoms with Gasteiger partial charge in [-0.1, -0.05) is 0 Å². The number of amides is 1. The first-order valence-corrected chi connectivity index (χ1v) is 7.36. The minimum absolute atomic E-state index is 0.286. The van der Waals surface area contributed by atoms with Crippen molar-refractivity contribution in [1.29, 1.82) is 0 Å². The fraction of sp³-hybridized carbons (Fsp3) is 0.357. The summed E-state index contributed by atoms with van der Waals surface area (Å²) in [4.78, 5) is 25.2. The van der Waals surface area contributed by atoms with E-state index in [1.165, 1.54) is 11.3 Å². The van der Waals surface area contributed by atoms with Crippen LogP contribution in [-0.2, 0) is 4.74 Å². The zero-order valence-corrected chi connectivity index (χ0v) is 13.2. The summed E-state index contributed by atoms with van der Waals surface area (Å²) in [6, 6.07) is 1.72. The van der Waals surface area contributed by atoms with Gasteiger partial charge in [-0.3, -0.25) is 9.89 Å². The number of H-pyrrole nitrogens is 1. The number of thiophene rings is 1. The lowest BCUT2D eigenvalue weighted by molar-refractivity contribution is 0.0528. The van der Waals surface area contributed by atoms with Crippen LogP contribution in [0.3, 0.4) is 0 Å². The Morgan fingerprint density at radius 2 is 2.10 bits per heavy atom. The number of rotatable bonds is 4. The summed E-state index contributed by atoms with van der Waals surface area (Å²) in [5.41, 5.74) is 2.19. The molecule has 21 heavy (non-hydrogen) atoms. The molecular weight excluding hydrogens is 290 g/mol. The maximum atomic E-state index is 12.3. The van der Waals surface area contributed by atoms with E-state index < -0.39 is 5.97 Å². The third-order valence-corrected chi connectivity index (χ3v) is 3.90. The number of carbonyl (C=O) groups is 2. The number of nitrogens with zero attached hydrogens (tertiary/aromatic N) is 1. The molecule has 0 aliphatic rings. The van der Waals surface area contributed by atoms with Gasteiger partial charge in [-0.25, -0.2) is 4.79 Å². The number of aromatic amines is 1. The zero-order chi connectivity index (χ0) is 15.6. The Morgan fingerprint density at radius 1 is 1.38 bits per heavy atom. The van der Waals surface area contributed by atoms with E-state index >= 15 is 0 Å². The monoisotopic (exact) mass is 307 g/mol. The van der Waals surface area contributed by atoms with Gasteiger partial charge in [-0.05, 0) is 33.8 Å². The minimum Gasteiger partial charge on any atom is -0.462 e. The first kappa shape index (κ1) is 15.2. The van der Waals surface area contributed by atoms with Crippen LogP contribution in [0.15, 0.2) is 6.07 Å². The number of aromatic nitrogens is 2. The zero-order valence-electron chi connectivity index (χ0n) is 12.4. The topological polar surface area (TPSA) is 84.1 Å². The molecular formula is C14H17N3O3S. The summed E-state index contributed by atoms with van der Waals surface area (Å²) in [5, 5.41) is 10.0. The molecule has 2 rings (SSSR count). The van der Waals surface area contributed by atoms with Crippen LogP contribution < -0.4 is 5.32 Å². The number of ether oxygens (including phenoxy) is 1. The summed E-state index contributed by atoms with van der Waals surface area (Å²) in [6.45, 7) is 7.44. The van der Waals surface area contributed by atoms with Gasteiger partial charge in [0.05, 0.1) is 23.4 Å². The Kier molecular flexibility index (Phi) is 4.42. The van der Waals surface area contributed by atoms with Crippen molar-refractivity contribution in [3.63, 3.8) is 0 Å². The Labute approximate surface area is 126 Å². The molecule has 2 heterocycles.